The molecule has 1 fully saturated rings. The molecule has 1 amide bonds. The number of hydrogen-bond acceptors (Lipinski definition) is 5. The molecule has 0 aliphatic carbocycles. The monoisotopic (exact) mass is 398 g/mol. The lowest BCUT2D eigenvalue weighted by Crippen LogP contribution is -2.44. The number of sulfonamides is 1. The van der Waals surface area contributed by atoms with Crippen LogP contribution in [-0.2, 0) is 14.8 Å². The number of ether oxygens (including phenoxy) is 2. The Kier molecular flexibility index (Phi) is 7.49. The highest BCUT2D eigenvalue weighted by Gasteiger charge is 2.34. The van der Waals surface area contributed by atoms with Gasteiger partial charge < -0.3 is 14.8 Å². The van der Waals surface area contributed by atoms with Crippen LogP contribution in [0.4, 0.5) is 0 Å². The third-order valence-corrected chi connectivity index (χ3v) is 6.84. The third-order valence-electron chi connectivity index (χ3n) is 4.92. The summed E-state index contributed by atoms with van der Waals surface area (Å²) in [6, 6.07) is 4.86. The van der Waals surface area contributed by atoms with E-state index in [4.69, 9.17) is 9.47 Å². The van der Waals surface area contributed by atoms with E-state index in [-0.39, 0.29) is 28.5 Å². The Balaban J connectivity index is 2.08. The standard InChI is InChI=1S/C19H30N2O5S/c1-5-6-14(2)20-19(22)15-9-11-21(12-10-15)27(23,24)18-13-16(25-3)7-8-17(18)26-4/h7-8,13-15H,5-6,9-12H2,1-4H3,(H,20,22). The molecule has 0 radical (unpaired) electrons. The summed E-state index contributed by atoms with van der Waals surface area (Å²) < 4.78 is 37.9. The second-order valence-corrected chi connectivity index (χ2v) is 8.80. The lowest BCUT2D eigenvalue weighted by Gasteiger charge is -2.31. The highest BCUT2D eigenvalue weighted by atomic mass is 32.2. The molecule has 1 aromatic rings. The fraction of sp³-hybridized carbons (Fsp3) is 0.632. The average Bonchev–Trinajstić information content (AvgIpc) is 2.67. The van der Waals surface area contributed by atoms with Crippen molar-refractivity contribution in [2.24, 2.45) is 5.92 Å². The van der Waals surface area contributed by atoms with Crippen molar-refractivity contribution in [3.63, 3.8) is 0 Å². The summed E-state index contributed by atoms with van der Waals surface area (Å²) in [5, 5.41) is 3.03. The molecule has 1 N–H and O–H groups in total. The number of carbonyl (C=O) groups excluding carboxylic acids is 1. The van der Waals surface area contributed by atoms with Crippen LogP contribution in [0, 0.1) is 5.92 Å². The maximum atomic E-state index is 13.1. The molecule has 152 valence electrons. The number of nitrogens with zero attached hydrogens (tertiary/aromatic N) is 1. The molecule has 27 heavy (non-hydrogen) atoms. The summed E-state index contributed by atoms with van der Waals surface area (Å²) >= 11 is 0. The summed E-state index contributed by atoms with van der Waals surface area (Å²) in [5.74, 6) is 0.604. The van der Waals surface area contributed by atoms with E-state index in [1.54, 1.807) is 12.1 Å². The number of methoxy groups -OCH3 is 2. The van der Waals surface area contributed by atoms with E-state index in [0.717, 1.165) is 12.8 Å². The van der Waals surface area contributed by atoms with Gasteiger partial charge in [0.2, 0.25) is 15.9 Å². The fourth-order valence-corrected chi connectivity index (χ4v) is 4.99. The van der Waals surface area contributed by atoms with Gasteiger partial charge >= 0.3 is 0 Å². The van der Waals surface area contributed by atoms with E-state index in [1.807, 2.05) is 6.92 Å². The zero-order valence-corrected chi connectivity index (χ0v) is 17.3. The topological polar surface area (TPSA) is 84.9 Å². The first-order valence-electron chi connectivity index (χ1n) is 9.36. The minimum absolute atomic E-state index is 0.0203. The fourth-order valence-electron chi connectivity index (χ4n) is 3.35. The molecule has 1 unspecified atom stereocenters. The van der Waals surface area contributed by atoms with E-state index in [9.17, 15) is 13.2 Å². The summed E-state index contributed by atoms with van der Waals surface area (Å²) in [5.41, 5.74) is 0. The molecule has 1 saturated heterocycles. The molecule has 1 aliphatic heterocycles. The van der Waals surface area contributed by atoms with Crippen molar-refractivity contribution in [2.45, 2.75) is 50.5 Å². The second-order valence-electron chi connectivity index (χ2n) is 6.89. The van der Waals surface area contributed by atoms with Gasteiger partial charge in [-0.25, -0.2) is 8.42 Å². The smallest absolute Gasteiger partial charge is 0.246 e. The van der Waals surface area contributed by atoms with Crippen LogP contribution in [0.2, 0.25) is 0 Å². The van der Waals surface area contributed by atoms with Gasteiger partial charge in [-0.1, -0.05) is 13.3 Å². The quantitative estimate of drug-likeness (QED) is 0.727. The Morgan fingerprint density at radius 1 is 1.26 bits per heavy atom. The molecule has 8 heteroatoms. The number of benzene rings is 1. The minimum Gasteiger partial charge on any atom is -0.497 e. The summed E-state index contributed by atoms with van der Waals surface area (Å²) in [6.45, 7) is 4.70. The predicted octanol–water partition coefficient (Wildman–Crippen LogP) is 2.41. The Morgan fingerprint density at radius 2 is 1.93 bits per heavy atom. The molecule has 7 nitrogen and oxygen atoms in total. The number of rotatable bonds is 8. The van der Waals surface area contributed by atoms with E-state index in [0.29, 0.717) is 31.7 Å². The van der Waals surface area contributed by atoms with Gasteiger partial charge in [-0.2, -0.15) is 4.31 Å². The molecule has 0 saturated carbocycles. The number of nitrogens with one attached hydrogen (secondary N) is 1. The largest absolute Gasteiger partial charge is 0.497 e. The molecule has 2 rings (SSSR count). The first-order chi connectivity index (χ1) is 12.8. The van der Waals surface area contributed by atoms with Crippen LogP contribution in [0.1, 0.15) is 39.5 Å². The maximum absolute atomic E-state index is 13.1. The summed E-state index contributed by atoms with van der Waals surface area (Å²) in [7, 11) is -0.794. The van der Waals surface area contributed by atoms with E-state index >= 15 is 0 Å². The van der Waals surface area contributed by atoms with Crippen LogP contribution >= 0.6 is 0 Å². The van der Waals surface area contributed by atoms with Crippen molar-refractivity contribution in [2.75, 3.05) is 27.3 Å². The van der Waals surface area contributed by atoms with Gasteiger partial charge in [0.25, 0.3) is 0 Å². The number of hydrogen-bond donors (Lipinski definition) is 1. The highest BCUT2D eigenvalue weighted by Crippen LogP contribution is 2.32. The van der Waals surface area contributed by atoms with Gasteiger partial charge in [-0.05, 0) is 38.3 Å². The van der Waals surface area contributed by atoms with Crippen LogP contribution in [-0.4, -0.2) is 52.0 Å². The third kappa shape index (κ3) is 5.13. The molecule has 1 heterocycles. The van der Waals surface area contributed by atoms with Gasteiger partial charge in [-0.15, -0.1) is 0 Å². The maximum Gasteiger partial charge on any atom is 0.246 e. The van der Waals surface area contributed by atoms with Crippen LogP contribution < -0.4 is 14.8 Å². The van der Waals surface area contributed by atoms with Crippen molar-refractivity contribution in [1.29, 1.82) is 0 Å². The van der Waals surface area contributed by atoms with Gasteiger partial charge in [0.15, 0.2) is 0 Å². The first-order valence-corrected chi connectivity index (χ1v) is 10.8. The Labute approximate surface area is 162 Å². The van der Waals surface area contributed by atoms with Crippen LogP contribution in [0.15, 0.2) is 23.1 Å². The highest BCUT2D eigenvalue weighted by molar-refractivity contribution is 7.89. The van der Waals surface area contributed by atoms with Crippen molar-refractivity contribution in [3.05, 3.63) is 18.2 Å². The summed E-state index contributed by atoms with van der Waals surface area (Å²) in [4.78, 5) is 12.5. The average molecular weight is 399 g/mol. The molecular formula is C19H30N2O5S. The lowest BCUT2D eigenvalue weighted by atomic mass is 9.96. The molecule has 1 atom stereocenters. The molecule has 0 bridgehead atoms. The van der Waals surface area contributed by atoms with Gasteiger partial charge in [0.05, 0.1) is 14.2 Å². The van der Waals surface area contributed by atoms with E-state index in [1.165, 1.54) is 24.6 Å². The van der Waals surface area contributed by atoms with Crippen molar-refractivity contribution in [1.82, 2.24) is 9.62 Å². The van der Waals surface area contributed by atoms with Gasteiger partial charge in [0, 0.05) is 31.1 Å². The van der Waals surface area contributed by atoms with Gasteiger partial charge in [0.1, 0.15) is 16.4 Å². The predicted molar refractivity (Wildman–Crippen MR) is 104 cm³/mol. The Bertz CT molecular complexity index is 742. The number of carbonyl (C=O) groups is 1. The van der Waals surface area contributed by atoms with Crippen LogP contribution in [0.3, 0.4) is 0 Å². The molecule has 0 spiro atoms. The van der Waals surface area contributed by atoms with Crippen molar-refractivity contribution >= 4 is 15.9 Å². The zero-order valence-electron chi connectivity index (χ0n) is 16.5. The van der Waals surface area contributed by atoms with Crippen LogP contribution in [0.25, 0.3) is 0 Å². The van der Waals surface area contributed by atoms with Crippen molar-refractivity contribution < 1.29 is 22.7 Å². The Hall–Kier alpha value is -1.80. The lowest BCUT2D eigenvalue weighted by molar-refractivity contribution is -0.126. The molecular weight excluding hydrogens is 368 g/mol. The number of amides is 1. The molecule has 1 aromatic carbocycles. The SMILES string of the molecule is CCCC(C)NC(=O)C1CCN(S(=O)(=O)c2cc(OC)ccc2OC)CC1. The minimum atomic E-state index is -3.72. The molecule has 0 aromatic heterocycles. The van der Waals surface area contributed by atoms with Crippen LogP contribution in [0.5, 0.6) is 11.5 Å². The van der Waals surface area contributed by atoms with E-state index in [2.05, 4.69) is 12.2 Å². The normalized spacial score (nSPS) is 17.3. The molecule has 1 aliphatic rings. The van der Waals surface area contributed by atoms with E-state index < -0.39 is 10.0 Å². The number of piperidine rings is 1. The second kappa shape index (κ2) is 9.41. The first kappa shape index (κ1) is 21.5. The van der Waals surface area contributed by atoms with Gasteiger partial charge in [-0.3, -0.25) is 4.79 Å². The summed E-state index contributed by atoms with van der Waals surface area (Å²) in [6.07, 6.45) is 2.97. The van der Waals surface area contributed by atoms with Crippen molar-refractivity contribution in [3.8, 4) is 11.5 Å². The Morgan fingerprint density at radius 3 is 2.48 bits per heavy atom. The zero-order chi connectivity index (χ0) is 20.0.